The van der Waals surface area contributed by atoms with Crippen molar-refractivity contribution < 1.29 is 14.5 Å². The van der Waals surface area contributed by atoms with Gasteiger partial charge in [-0.25, -0.2) is 4.79 Å². The second kappa shape index (κ2) is 5.27. The molecule has 1 aromatic carbocycles. The van der Waals surface area contributed by atoms with Crippen molar-refractivity contribution in [3.05, 3.63) is 38.9 Å². The molecular formula is C10H7ClN2O4. The van der Waals surface area contributed by atoms with Crippen LogP contribution in [0, 0.1) is 21.4 Å². The van der Waals surface area contributed by atoms with Gasteiger partial charge < -0.3 is 4.74 Å². The number of alkyl halides is 1. The molecule has 1 aromatic rings. The summed E-state index contributed by atoms with van der Waals surface area (Å²) in [5, 5.41) is 19.5. The van der Waals surface area contributed by atoms with E-state index in [2.05, 4.69) is 4.74 Å². The number of nitrogens with zero attached hydrogens (tertiary/aromatic N) is 2. The van der Waals surface area contributed by atoms with Crippen LogP contribution in [0.25, 0.3) is 0 Å². The number of carbonyl (C=O) groups excluding carboxylic acids is 1. The van der Waals surface area contributed by atoms with Gasteiger partial charge in [0, 0.05) is 11.9 Å². The molecule has 7 heteroatoms. The highest BCUT2D eigenvalue weighted by atomic mass is 35.5. The number of hydrogen-bond donors (Lipinski definition) is 0. The summed E-state index contributed by atoms with van der Waals surface area (Å²) < 4.78 is 4.50. The lowest BCUT2D eigenvalue weighted by Gasteiger charge is -2.05. The third-order valence-electron chi connectivity index (χ3n) is 2.09. The van der Waals surface area contributed by atoms with E-state index in [1.165, 1.54) is 7.11 Å². The summed E-state index contributed by atoms with van der Waals surface area (Å²) in [6.07, 6.45) is 0. The van der Waals surface area contributed by atoms with Crippen molar-refractivity contribution >= 4 is 23.3 Å². The molecule has 0 aliphatic carbocycles. The largest absolute Gasteiger partial charge is 0.465 e. The van der Waals surface area contributed by atoms with E-state index in [1.807, 2.05) is 0 Å². The number of carbonyl (C=O) groups is 1. The van der Waals surface area contributed by atoms with Crippen molar-refractivity contribution in [2.45, 2.75) is 5.88 Å². The lowest BCUT2D eigenvalue weighted by Crippen LogP contribution is -2.07. The maximum atomic E-state index is 11.4. The highest BCUT2D eigenvalue weighted by molar-refractivity contribution is 6.17. The van der Waals surface area contributed by atoms with Gasteiger partial charge in [0.15, 0.2) is 0 Å². The molecule has 0 amide bonds. The Hall–Kier alpha value is -2.13. The number of nitro benzene ring substituents is 1. The molecular weight excluding hydrogens is 248 g/mol. The number of methoxy groups -OCH3 is 1. The zero-order valence-corrected chi connectivity index (χ0v) is 9.52. The number of esters is 1. The van der Waals surface area contributed by atoms with Crippen LogP contribution in [0.15, 0.2) is 12.1 Å². The minimum absolute atomic E-state index is 0.0599. The predicted octanol–water partition coefficient (Wildman–Crippen LogP) is 1.99. The molecule has 0 spiro atoms. The molecule has 0 aromatic heterocycles. The van der Waals surface area contributed by atoms with Gasteiger partial charge in [-0.1, -0.05) is 0 Å². The molecule has 6 nitrogen and oxygen atoms in total. The van der Waals surface area contributed by atoms with Crippen LogP contribution in [-0.4, -0.2) is 18.0 Å². The van der Waals surface area contributed by atoms with Gasteiger partial charge in [0.05, 0.1) is 17.6 Å². The fourth-order valence-electron chi connectivity index (χ4n) is 1.28. The number of nitro groups is 1. The number of ether oxygens (including phenoxy) is 1. The number of hydrogen-bond acceptors (Lipinski definition) is 5. The van der Waals surface area contributed by atoms with Crippen molar-refractivity contribution in [1.29, 1.82) is 5.26 Å². The van der Waals surface area contributed by atoms with Gasteiger partial charge in [-0.3, -0.25) is 10.1 Å². The quantitative estimate of drug-likeness (QED) is 0.356. The standard InChI is InChI=1S/C10H7ClN2O4/c1-17-10(14)8-2-7(5-12)9(13(15)16)3-6(8)4-11/h2-3H,4H2,1H3. The summed E-state index contributed by atoms with van der Waals surface area (Å²) in [5.74, 6) is -0.774. The fourth-order valence-corrected chi connectivity index (χ4v) is 1.50. The Morgan fingerprint density at radius 1 is 1.65 bits per heavy atom. The normalized spacial score (nSPS) is 9.47. The van der Waals surface area contributed by atoms with Crippen LogP contribution in [0.4, 0.5) is 5.69 Å². The molecule has 0 saturated carbocycles. The first-order valence-corrected chi connectivity index (χ1v) is 4.94. The summed E-state index contributed by atoms with van der Waals surface area (Å²) in [6.45, 7) is 0. The molecule has 0 unspecified atom stereocenters. The molecule has 0 bridgehead atoms. The van der Waals surface area contributed by atoms with E-state index in [0.29, 0.717) is 0 Å². The first-order chi connectivity index (χ1) is 8.04. The van der Waals surface area contributed by atoms with E-state index in [4.69, 9.17) is 16.9 Å². The monoisotopic (exact) mass is 254 g/mol. The zero-order valence-electron chi connectivity index (χ0n) is 8.77. The van der Waals surface area contributed by atoms with E-state index in [0.717, 1.165) is 12.1 Å². The van der Waals surface area contributed by atoms with Crippen LogP contribution >= 0.6 is 11.6 Å². The Kier molecular flexibility index (Phi) is 4.01. The van der Waals surface area contributed by atoms with Gasteiger partial charge in [0.1, 0.15) is 11.6 Å². The lowest BCUT2D eigenvalue weighted by atomic mass is 10.0. The van der Waals surface area contributed by atoms with Crippen molar-refractivity contribution in [1.82, 2.24) is 0 Å². The van der Waals surface area contributed by atoms with Crippen molar-refractivity contribution in [2.24, 2.45) is 0 Å². The second-order valence-corrected chi connectivity index (χ2v) is 3.29. The number of benzene rings is 1. The summed E-state index contributed by atoms with van der Waals surface area (Å²) in [5.41, 5.74) is -0.270. The molecule has 0 aliphatic rings. The van der Waals surface area contributed by atoms with E-state index in [9.17, 15) is 14.9 Å². The molecule has 0 atom stereocenters. The molecule has 0 saturated heterocycles. The molecule has 0 N–H and O–H groups in total. The van der Waals surface area contributed by atoms with Crippen molar-refractivity contribution in [2.75, 3.05) is 7.11 Å². The van der Waals surface area contributed by atoms with Crippen LogP contribution in [0.2, 0.25) is 0 Å². The number of nitriles is 1. The van der Waals surface area contributed by atoms with Gasteiger partial charge in [-0.15, -0.1) is 11.6 Å². The van der Waals surface area contributed by atoms with Gasteiger partial charge in [-0.05, 0) is 11.6 Å². The summed E-state index contributed by atoms with van der Waals surface area (Å²) in [7, 11) is 1.17. The van der Waals surface area contributed by atoms with E-state index >= 15 is 0 Å². The van der Waals surface area contributed by atoms with Crippen LogP contribution in [-0.2, 0) is 10.6 Å². The van der Waals surface area contributed by atoms with E-state index in [-0.39, 0.29) is 28.3 Å². The molecule has 0 radical (unpaired) electrons. The Morgan fingerprint density at radius 3 is 2.71 bits per heavy atom. The predicted molar refractivity (Wildman–Crippen MR) is 58.7 cm³/mol. The minimum Gasteiger partial charge on any atom is -0.465 e. The van der Waals surface area contributed by atoms with E-state index in [1.54, 1.807) is 6.07 Å². The Bertz CT molecular complexity index is 522. The van der Waals surface area contributed by atoms with Crippen LogP contribution < -0.4 is 0 Å². The molecule has 0 fully saturated rings. The topological polar surface area (TPSA) is 93.2 Å². The smallest absolute Gasteiger partial charge is 0.338 e. The van der Waals surface area contributed by atoms with Crippen LogP contribution in [0.3, 0.4) is 0 Å². The molecule has 1 rings (SSSR count). The average Bonchev–Trinajstić information content (AvgIpc) is 2.35. The third-order valence-corrected chi connectivity index (χ3v) is 2.38. The minimum atomic E-state index is -0.699. The fraction of sp³-hybridized carbons (Fsp3) is 0.200. The van der Waals surface area contributed by atoms with Gasteiger partial charge in [0.2, 0.25) is 0 Å². The van der Waals surface area contributed by atoms with Gasteiger partial charge >= 0.3 is 5.97 Å². The summed E-state index contributed by atoms with van der Waals surface area (Å²) in [4.78, 5) is 21.4. The molecule has 17 heavy (non-hydrogen) atoms. The first-order valence-electron chi connectivity index (χ1n) is 4.40. The van der Waals surface area contributed by atoms with Gasteiger partial charge in [0.25, 0.3) is 5.69 Å². The third kappa shape index (κ3) is 2.52. The molecule has 0 heterocycles. The van der Waals surface area contributed by atoms with Crippen molar-refractivity contribution in [3.63, 3.8) is 0 Å². The Labute approximate surface area is 102 Å². The molecule has 88 valence electrons. The van der Waals surface area contributed by atoms with Gasteiger partial charge in [-0.2, -0.15) is 5.26 Å². The van der Waals surface area contributed by atoms with Crippen molar-refractivity contribution in [3.8, 4) is 6.07 Å². The Morgan fingerprint density at radius 2 is 2.29 bits per heavy atom. The van der Waals surface area contributed by atoms with Crippen LogP contribution in [0.1, 0.15) is 21.5 Å². The maximum Gasteiger partial charge on any atom is 0.338 e. The summed E-state index contributed by atoms with van der Waals surface area (Å²) >= 11 is 5.59. The number of halogens is 1. The highest BCUT2D eigenvalue weighted by Gasteiger charge is 2.21. The molecule has 0 aliphatic heterocycles. The van der Waals surface area contributed by atoms with E-state index < -0.39 is 10.9 Å². The SMILES string of the molecule is COC(=O)c1cc(C#N)c([N+](=O)[O-])cc1CCl. The maximum absolute atomic E-state index is 11.4. The number of rotatable bonds is 3. The summed E-state index contributed by atoms with van der Waals surface area (Å²) in [6, 6.07) is 3.88. The first kappa shape index (κ1) is 12.9. The average molecular weight is 255 g/mol. The Balaban J connectivity index is 3.50. The second-order valence-electron chi connectivity index (χ2n) is 3.02. The lowest BCUT2D eigenvalue weighted by molar-refractivity contribution is -0.385. The zero-order chi connectivity index (χ0) is 13.0. The van der Waals surface area contributed by atoms with Crippen LogP contribution in [0.5, 0.6) is 0 Å². The highest BCUT2D eigenvalue weighted by Crippen LogP contribution is 2.25.